The van der Waals surface area contributed by atoms with Gasteiger partial charge in [0.2, 0.25) is 0 Å². The van der Waals surface area contributed by atoms with Crippen LogP contribution in [-0.4, -0.2) is 31.1 Å². The van der Waals surface area contributed by atoms with Gasteiger partial charge in [-0.2, -0.15) is 0 Å². The molecular formula is C13H18N2O4. The third-order valence-corrected chi connectivity index (χ3v) is 2.94. The molecular weight excluding hydrogens is 248 g/mol. The molecule has 0 atom stereocenters. The topological polar surface area (TPSA) is 72.7 Å². The molecule has 1 aromatic carbocycles. The van der Waals surface area contributed by atoms with Crippen LogP contribution in [0, 0.1) is 17.0 Å². The average molecular weight is 266 g/mol. The van der Waals surface area contributed by atoms with Crippen LogP contribution in [0.2, 0.25) is 0 Å². The molecule has 1 rings (SSSR count). The summed E-state index contributed by atoms with van der Waals surface area (Å²) in [5.74, 6) is -0.267. The highest BCUT2D eigenvalue weighted by molar-refractivity contribution is 5.70. The van der Waals surface area contributed by atoms with E-state index in [1.54, 1.807) is 19.1 Å². The SMILES string of the molecule is CCN(CCC(=O)OC)c1ccc([N+](=O)[O-])c(C)c1. The predicted molar refractivity (Wildman–Crippen MR) is 72.4 cm³/mol. The van der Waals surface area contributed by atoms with Crippen LogP contribution < -0.4 is 4.90 Å². The molecule has 0 aliphatic rings. The summed E-state index contributed by atoms with van der Waals surface area (Å²) >= 11 is 0. The number of rotatable bonds is 6. The number of methoxy groups -OCH3 is 1. The molecule has 1 aromatic rings. The third kappa shape index (κ3) is 3.94. The van der Waals surface area contributed by atoms with Crippen LogP contribution in [0.15, 0.2) is 18.2 Å². The standard InChI is InChI=1S/C13H18N2O4/c1-4-14(8-7-13(16)19-3)11-5-6-12(15(17)18)10(2)9-11/h5-6,9H,4,7-8H2,1-3H3. The molecule has 0 heterocycles. The second-order valence-corrected chi connectivity index (χ2v) is 4.13. The summed E-state index contributed by atoms with van der Waals surface area (Å²) in [5, 5.41) is 10.8. The molecule has 0 aliphatic carbocycles. The van der Waals surface area contributed by atoms with Gasteiger partial charge in [-0.25, -0.2) is 0 Å². The van der Waals surface area contributed by atoms with Crippen molar-refractivity contribution in [1.82, 2.24) is 0 Å². The van der Waals surface area contributed by atoms with E-state index < -0.39 is 4.92 Å². The van der Waals surface area contributed by atoms with Crippen molar-refractivity contribution >= 4 is 17.3 Å². The van der Waals surface area contributed by atoms with Crippen LogP contribution in [-0.2, 0) is 9.53 Å². The van der Waals surface area contributed by atoms with Crippen molar-refractivity contribution in [3.63, 3.8) is 0 Å². The molecule has 0 radical (unpaired) electrons. The monoisotopic (exact) mass is 266 g/mol. The van der Waals surface area contributed by atoms with Crippen molar-refractivity contribution in [1.29, 1.82) is 0 Å². The molecule has 0 aliphatic heterocycles. The van der Waals surface area contributed by atoms with Gasteiger partial charge >= 0.3 is 5.97 Å². The zero-order valence-electron chi connectivity index (χ0n) is 11.4. The highest BCUT2D eigenvalue weighted by Crippen LogP contribution is 2.24. The van der Waals surface area contributed by atoms with Crippen molar-refractivity contribution in [3.05, 3.63) is 33.9 Å². The van der Waals surface area contributed by atoms with E-state index in [0.29, 0.717) is 25.1 Å². The van der Waals surface area contributed by atoms with Crippen LogP contribution >= 0.6 is 0 Å². The van der Waals surface area contributed by atoms with Crippen LogP contribution in [0.25, 0.3) is 0 Å². The van der Waals surface area contributed by atoms with Crippen LogP contribution in [0.1, 0.15) is 18.9 Å². The summed E-state index contributed by atoms with van der Waals surface area (Å²) in [6.07, 6.45) is 0.292. The molecule has 0 bridgehead atoms. The van der Waals surface area contributed by atoms with Gasteiger partial charge in [-0.15, -0.1) is 0 Å². The minimum atomic E-state index is -0.399. The molecule has 0 N–H and O–H groups in total. The highest BCUT2D eigenvalue weighted by atomic mass is 16.6. The highest BCUT2D eigenvalue weighted by Gasteiger charge is 2.13. The Morgan fingerprint density at radius 2 is 2.16 bits per heavy atom. The number of carbonyl (C=O) groups excluding carboxylic acids is 1. The predicted octanol–water partition coefficient (Wildman–Crippen LogP) is 2.29. The van der Waals surface area contributed by atoms with Gasteiger partial charge in [-0.1, -0.05) is 0 Å². The largest absolute Gasteiger partial charge is 0.469 e. The molecule has 6 heteroatoms. The van der Waals surface area contributed by atoms with E-state index >= 15 is 0 Å². The summed E-state index contributed by atoms with van der Waals surface area (Å²) in [6.45, 7) is 4.92. The maximum absolute atomic E-state index is 11.1. The van der Waals surface area contributed by atoms with Crippen molar-refractivity contribution in [2.75, 3.05) is 25.1 Å². The van der Waals surface area contributed by atoms with Gasteiger partial charge in [-0.05, 0) is 26.0 Å². The number of benzene rings is 1. The van der Waals surface area contributed by atoms with E-state index in [4.69, 9.17) is 0 Å². The minimum Gasteiger partial charge on any atom is -0.469 e. The smallest absolute Gasteiger partial charge is 0.307 e. The fraction of sp³-hybridized carbons (Fsp3) is 0.462. The van der Waals surface area contributed by atoms with Crippen molar-refractivity contribution < 1.29 is 14.5 Å². The number of hydrogen-bond donors (Lipinski definition) is 0. The average Bonchev–Trinajstić information content (AvgIpc) is 2.38. The van der Waals surface area contributed by atoms with Crippen molar-refractivity contribution in [2.45, 2.75) is 20.3 Å². The molecule has 6 nitrogen and oxygen atoms in total. The Morgan fingerprint density at radius 3 is 2.63 bits per heavy atom. The van der Waals surface area contributed by atoms with Gasteiger partial charge in [0.15, 0.2) is 0 Å². The van der Waals surface area contributed by atoms with E-state index in [9.17, 15) is 14.9 Å². The minimum absolute atomic E-state index is 0.104. The van der Waals surface area contributed by atoms with Crippen molar-refractivity contribution in [2.24, 2.45) is 0 Å². The summed E-state index contributed by atoms with van der Waals surface area (Å²) < 4.78 is 4.60. The molecule has 104 valence electrons. The fourth-order valence-electron chi connectivity index (χ4n) is 1.84. The second-order valence-electron chi connectivity index (χ2n) is 4.13. The Kier molecular flexibility index (Phi) is 5.29. The van der Waals surface area contributed by atoms with Crippen LogP contribution in [0.4, 0.5) is 11.4 Å². The first-order valence-electron chi connectivity index (χ1n) is 6.06. The summed E-state index contributed by atoms with van der Waals surface area (Å²) in [7, 11) is 1.36. The number of ether oxygens (including phenoxy) is 1. The molecule has 19 heavy (non-hydrogen) atoms. The number of carbonyl (C=O) groups is 1. The molecule has 0 saturated carbocycles. The lowest BCUT2D eigenvalue weighted by molar-refractivity contribution is -0.385. The molecule has 0 unspecified atom stereocenters. The maximum Gasteiger partial charge on any atom is 0.307 e. The number of nitrogens with zero attached hydrogens (tertiary/aromatic N) is 2. The Labute approximate surface area is 112 Å². The lowest BCUT2D eigenvalue weighted by Gasteiger charge is -2.22. The lowest BCUT2D eigenvalue weighted by Crippen LogP contribution is -2.26. The summed E-state index contributed by atoms with van der Waals surface area (Å²) in [6, 6.07) is 4.95. The number of nitro groups is 1. The van der Waals surface area contributed by atoms with Gasteiger partial charge < -0.3 is 9.64 Å². The van der Waals surface area contributed by atoms with Gasteiger partial charge in [0.1, 0.15) is 0 Å². The Morgan fingerprint density at radius 1 is 1.47 bits per heavy atom. The number of nitro benzene ring substituents is 1. The maximum atomic E-state index is 11.1. The summed E-state index contributed by atoms with van der Waals surface area (Å²) in [4.78, 5) is 23.5. The second kappa shape index (κ2) is 6.72. The number of esters is 1. The quantitative estimate of drug-likeness (QED) is 0.448. The van der Waals surface area contributed by atoms with E-state index in [2.05, 4.69) is 4.74 Å². The fourth-order valence-corrected chi connectivity index (χ4v) is 1.84. The normalized spacial score (nSPS) is 10.1. The Balaban J connectivity index is 2.84. The molecule has 0 fully saturated rings. The van der Waals surface area contributed by atoms with E-state index in [1.807, 2.05) is 11.8 Å². The van der Waals surface area contributed by atoms with E-state index in [1.165, 1.54) is 13.2 Å². The Hall–Kier alpha value is -2.11. The molecule has 0 saturated heterocycles. The van der Waals surface area contributed by atoms with Gasteiger partial charge in [0.25, 0.3) is 5.69 Å². The van der Waals surface area contributed by atoms with Gasteiger partial charge in [-0.3, -0.25) is 14.9 Å². The first-order valence-corrected chi connectivity index (χ1v) is 6.06. The molecule has 0 spiro atoms. The van der Waals surface area contributed by atoms with Crippen LogP contribution in [0.3, 0.4) is 0 Å². The zero-order valence-corrected chi connectivity index (χ0v) is 11.4. The van der Waals surface area contributed by atoms with E-state index in [0.717, 1.165) is 5.69 Å². The van der Waals surface area contributed by atoms with Crippen LogP contribution in [0.5, 0.6) is 0 Å². The first kappa shape index (κ1) is 14.9. The zero-order chi connectivity index (χ0) is 14.4. The van der Waals surface area contributed by atoms with E-state index in [-0.39, 0.29) is 11.7 Å². The first-order chi connectivity index (χ1) is 8.99. The molecule has 0 amide bonds. The number of hydrogen-bond acceptors (Lipinski definition) is 5. The lowest BCUT2D eigenvalue weighted by atomic mass is 10.1. The molecule has 0 aromatic heterocycles. The van der Waals surface area contributed by atoms with Crippen molar-refractivity contribution in [3.8, 4) is 0 Å². The summed E-state index contributed by atoms with van der Waals surface area (Å²) in [5.41, 5.74) is 1.58. The number of aryl methyl sites for hydroxylation is 1. The third-order valence-electron chi connectivity index (χ3n) is 2.94. The van der Waals surface area contributed by atoms with Gasteiger partial charge in [0, 0.05) is 30.4 Å². The number of anilines is 1. The Bertz CT molecular complexity index is 474. The van der Waals surface area contributed by atoms with Gasteiger partial charge in [0.05, 0.1) is 18.5 Å².